The highest BCUT2D eigenvalue weighted by Gasteiger charge is 1.80. The Morgan fingerprint density at radius 1 is 1.50 bits per heavy atom. The monoisotopic (exact) mass is 153 g/mol. The summed E-state index contributed by atoms with van der Waals surface area (Å²) in [6.45, 7) is 0. The molecule has 10 heavy (non-hydrogen) atoms. The smallest absolute Gasteiger partial charge is 0.0626 e. The highest BCUT2D eigenvalue weighted by Crippen LogP contribution is 1.95. The second-order valence-corrected chi connectivity index (χ2v) is 2.12. The molecule has 0 aromatic carbocycles. The van der Waals surface area contributed by atoms with E-state index < -0.39 is 0 Å². The van der Waals surface area contributed by atoms with Gasteiger partial charge in [-0.3, -0.25) is 4.98 Å². The van der Waals surface area contributed by atoms with Crippen LogP contribution in [0.5, 0.6) is 0 Å². The van der Waals surface area contributed by atoms with E-state index in [1.807, 2.05) is 30.4 Å². The minimum atomic E-state index is 0.538. The number of pyridine rings is 1. The van der Waals surface area contributed by atoms with E-state index in [2.05, 4.69) is 4.98 Å². The topological polar surface area (TPSA) is 12.9 Å². The normalized spacial score (nSPS) is 10.5. The fourth-order valence-corrected chi connectivity index (χ4v) is 0.729. The summed E-state index contributed by atoms with van der Waals surface area (Å²) in [4.78, 5) is 4.07. The standard InChI is InChI=1S/C8H8ClN/c9-6-3-5-8-4-1-2-7-10-8/h1-5,7H,6H2. The molecule has 0 unspecified atom stereocenters. The molecule has 0 spiro atoms. The molecule has 52 valence electrons. The molecule has 0 fully saturated rings. The van der Waals surface area contributed by atoms with E-state index in [0.717, 1.165) is 5.69 Å². The Labute approximate surface area is 65.4 Å². The first-order chi connectivity index (χ1) is 4.93. The van der Waals surface area contributed by atoms with Crippen LogP contribution >= 0.6 is 11.6 Å². The van der Waals surface area contributed by atoms with Crippen molar-refractivity contribution in [2.24, 2.45) is 0 Å². The van der Waals surface area contributed by atoms with Crippen LogP contribution in [0.2, 0.25) is 0 Å². The van der Waals surface area contributed by atoms with Crippen LogP contribution in [0.3, 0.4) is 0 Å². The van der Waals surface area contributed by atoms with Crippen molar-refractivity contribution in [3.63, 3.8) is 0 Å². The lowest BCUT2D eigenvalue weighted by Gasteiger charge is -1.87. The van der Waals surface area contributed by atoms with E-state index in [-0.39, 0.29) is 0 Å². The molecule has 0 N–H and O–H groups in total. The average molecular weight is 154 g/mol. The largest absolute Gasteiger partial charge is 0.257 e. The third-order valence-corrected chi connectivity index (χ3v) is 1.24. The van der Waals surface area contributed by atoms with E-state index in [1.165, 1.54) is 0 Å². The first-order valence-electron chi connectivity index (χ1n) is 3.07. The van der Waals surface area contributed by atoms with Crippen molar-refractivity contribution in [2.75, 3.05) is 5.88 Å². The first kappa shape index (κ1) is 7.29. The molecule has 0 bridgehead atoms. The first-order valence-corrected chi connectivity index (χ1v) is 3.60. The minimum absolute atomic E-state index is 0.538. The van der Waals surface area contributed by atoms with Gasteiger partial charge in [-0.15, -0.1) is 11.6 Å². The number of nitrogens with zero attached hydrogens (tertiary/aromatic N) is 1. The zero-order valence-electron chi connectivity index (χ0n) is 5.50. The Balaban J connectivity index is 2.67. The maximum atomic E-state index is 5.44. The van der Waals surface area contributed by atoms with Gasteiger partial charge in [0.15, 0.2) is 0 Å². The molecule has 0 amide bonds. The summed E-state index contributed by atoms with van der Waals surface area (Å²) in [5, 5.41) is 0. The zero-order chi connectivity index (χ0) is 7.23. The summed E-state index contributed by atoms with van der Waals surface area (Å²) < 4.78 is 0. The van der Waals surface area contributed by atoms with E-state index in [4.69, 9.17) is 11.6 Å². The van der Waals surface area contributed by atoms with Crippen molar-refractivity contribution in [1.82, 2.24) is 4.98 Å². The van der Waals surface area contributed by atoms with Gasteiger partial charge in [0.1, 0.15) is 0 Å². The van der Waals surface area contributed by atoms with Gasteiger partial charge in [0.2, 0.25) is 0 Å². The van der Waals surface area contributed by atoms with Crippen molar-refractivity contribution >= 4 is 17.7 Å². The molecular formula is C8H8ClN. The fraction of sp³-hybridized carbons (Fsp3) is 0.125. The summed E-state index contributed by atoms with van der Waals surface area (Å²) >= 11 is 5.44. The van der Waals surface area contributed by atoms with Gasteiger partial charge < -0.3 is 0 Å². The van der Waals surface area contributed by atoms with E-state index >= 15 is 0 Å². The fourth-order valence-electron chi connectivity index (χ4n) is 0.640. The number of rotatable bonds is 2. The van der Waals surface area contributed by atoms with Crippen LogP contribution < -0.4 is 0 Å². The van der Waals surface area contributed by atoms with Crippen LogP contribution in [0.4, 0.5) is 0 Å². The summed E-state index contributed by atoms with van der Waals surface area (Å²) in [7, 11) is 0. The highest BCUT2D eigenvalue weighted by molar-refractivity contribution is 6.19. The lowest BCUT2D eigenvalue weighted by Crippen LogP contribution is -1.75. The van der Waals surface area contributed by atoms with E-state index in [0.29, 0.717) is 5.88 Å². The summed E-state index contributed by atoms with van der Waals surface area (Å²) in [6, 6.07) is 5.77. The molecule has 1 rings (SSSR count). The third kappa shape index (κ3) is 2.19. The van der Waals surface area contributed by atoms with Gasteiger partial charge in [0.05, 0.1) is 5.69 Å². The Hall–Kier alpha value is -0.820. The number of aromatic nitrogens is 1. The van der Waals surface area contributed by atoms with Crippen LogP contribution in [-0.2, 0) is 0 Å². The molecular weight excluding hydrogens is 146 g/mol. The number of halogens is 1. The molecule has 0 aliphatic rings. The molecule has 1 nitrogen and oxygen atoms in total. The van der Waals surface area contributed by atoms with Crippen LogP contribution in [0.25, 0.3) is 6.08 Å². The second-order valence-electron chi connectivity index (χ2n) is 1.81. The number of hydrogen-bond donors (Lipinski definition) is 0. The van der Waals surface area contributed by atoms with Crippen LogP contribution in [0.15, 0.2) is 30.5 Å². The summed E-state index contributed by atoms with van der Waals surface area (Å²) in [5.74, 6) is 0.538. The number of hydrogen-bond acceptors (Lipinski definition) is 1. The van der Waals surface area contributed by atoms with Crippen molar-refractivity contribution in [3.8, 4) is 0 Å². The predicted molar refractivity (Wildman–Crippen MR) is 44.0 cm³/mol. The molecule has 1 aromatic heterocycles. The molecule has 1 heterocycles. The Morgan fingerprint density at radius 3 is 3.00 bits per heavy atom. The molecule has 0 saturated heterocycles. The maximum Gasteiger partial charge on any atom is 0.0626 e. The Morgan fingerprint density at radius 2 is 2.40 bits per heavy atom. The molecule has 0 aliphatic carbocycles. The number of alkyl halides is 1. The molecule has 0 aliphatic heterocycles. The molecule has 0 radical (unpaired) electrons. The SMILES string of the molecule is ClCC=Cc1ccccn1. The highest BCUT2D eigenvalue weighted by atomic mass is 35.5. The minimum Gasteiger partial charge on any atom is -0.257 e. The van der Waals surface area contributed by atoms with Crippen molar-refractivity contribution in [1.29, 1.82) is 0 Å². The van der Waals surface area contributed by atoms with Gasteiger partial charge in [-0.2, -0.15) is 0 Å². The maximum absolute atomic E-state index is 5.44. The van der Waals surface area contributed by atoms with Gasteiger partial charge in [0.25, 0.3) is 0 Å². The van der Waals surface area contributed by atoms with Crippen LogP contribution in [-0.4, -0.2) is 10.9 Å². The van der Waals surface area contributed by atoms with Crippen LogP contribution in [0, 0.1) is 0 Å². The average Bonchev–Trinajstić information content (AvgIpc) is 2.03. The van der Waals surface area contributed by atoms with Crippen molar-refractivity contribution < 1.29 is 0 Å². The molecule has 1 aromatic rings. The lowest BCUT2D eigenvalue weighted by molar-refractivity contribution is 1.29. The Kier molecular flexibility index (Phi) is 2.97. The summed E-state index contributed by atoms with van der Waals surface area (Å²) in [6.07, 6.45) is 5.52. The number of allylic oxidation sites excluding steroid dienone is 1. The quantitative estimate of drug-likeness (QED) is 0.595. The van der Waals surface area contributed by atoms with Gasteiger partial charge in [-0.1, -0.05) is 12.1 Å². The lowest BCUT2D eigenvalue weighted by atomic mass is 10.3. The van der Waals surface area contributed by atoms with Gasteiger partial charge in [-0.25, -0.2) is 0 Å². The zero-order valence-corrected chi connectivity index (χ0v) is 6.25. The van der Waals surface area contributed by atoms with Crippen molar-refractivity contribution in [3.05, 3.63) is 36.2 Å². The Bertz CT molecular complexity index is 206. The third-order valence-electron chi connectivity index (χ3n) is 1.07. The van der Waals surface area contributed by atoms with Crippen molar-refractivity contribution in [2.45, 2.75) is 0 Å². The van der Waals surface area contributed by atoms with Gasteiger partial charge >= 0.3 is 0 Å². The van der Waals surface area contributed by atoms with E-state index in [9.17, 15) is 0 Å². The molecule has 2 heteroatoms. The van der Waals surface area contributed by atoms with Crippen LogP contribution in [0.1, 0.15) is 5.69 Å². The molecule has 0 saturated carbocycles. The summed E-state index contributed by atoms with van der Waals surface area (Å²) in [5.41, 5.74) is 0.947. The van der Waals surface area contributed by atoms with Gasteiger partial charge in [0, 0.05) is 12.1 Å². The molecule has 0 atom stereocenters. The van der Waals surface area contributed by atoms with E-state index in [1.54, 1.807) is 6.20 Å². The van der Waals surface area contributed by atoms with Gasteiger partial charge in [-0.05, 0) is 18.2 Å². The predicted octanol–water partition coefficient (Wildman–Crippen LogP) is 2.33. The second kappa shape index (κ2) is 4.07.